The molecule has 7 nitrogen and oxygen atoms in total. The van der Waals surface area contributed by atoms with Crippen molar-refractivity contribution in [2.45, 2.75) is 83.6 Å². The number of hydrogen-bond donors (Lipinski definition) is 0. The summed E-state index contributed by atoms with van der Waals surface area (Å²) in [5, 5.41) is 10.9. The van der Waals surface area contributed by atoms with Crippen molar-refractivity contribution >= 4 is 17.9 Å². The number of carbonyl (C=O) groups is 2. The average Bonchev–Trinajstić information content (AvgIpc) is 2.77. The highest BCUT2D eigenvalue weighted by Crippen LogP contribution is 2.25. The fraction of sp³-hybridized carbons (Fsp3) is 0.652. The molecule has 0 unspecified atom stereocenters. The van der Waals surface area contributed by atoms with Gasteiger partial charge in [-0.25, -0.2) is 0 Å². The summed E-state index contributed by atoms with van der Waals surface area (Å²) in [6.07, 6.45) is 11.9. The van der Waals surface area contributed by atoms with Gasteiger partial charge in [0.2, 0.25) is 5.91 Å². The van der Waals surface area contributed by atoms with Crippen LogP contribution in [0, 0.1) is 10.1 Å². The second-order valence-corrected chi connectivity index (χ2v) is 7.99. The van der Waals surface area contributed by atoms with Gasteiger partial charge in [0.1, 0.15) is 5.75 Å². The van der Waals surface area contributed by atoms with Crippen LogP contribution < -0.4 is 4.74 Å². The number of carbonyl (C=O) groups excluding carboxylic acids is 2. The molecule has 7 heteroatoms. The first-order valence-corrected chi connectivity index (χ1v) is 11.2. The number of nitro benzene ring substituents is 1. The monoisotopic (exact) mass is 418 g/mol. The van der Waals surface area contributed by atoms with Gasteiger partial charge in [0.15, 0.2) is 6.29 Å². The van der Waals surface area contributed by atoms with E-state index in [1.807, 2.05) is 0 Å². The topological polar surface area (TPSA) is 89.8 Å². The van der Waals surface area contributed by atoms with Gasteiger partial charge in [-0.3, -0.25) is 19.7 Å². The molecule has 0 bridgehead atoms. The Morgan fingerprint density at radius 1 is 1.20 bits per heavy atom. The van der Waals surface area contributed by atoms with Crippen molar-refractivity contribution in [2.24, 2.45) is 0 Å². The maximum absolute atomic E-state index is 12.9. The molecule has 1 aromatic carbocycles. The van der Waals surface area contributed by atoms with E-state index >= 15 is 0 Å². The summed E-state index contributed by atoms with van der Waals surface area (Å²) in [7, 11) is 0. The molecule has 0 spiro atoms. The molecule has 2 rings (SSSR count). The van der Waals surface area contributed by atoms with Crippen LogP contribution in [0.15, 0.2) is 18.2 Å². The molecular weight excluding hydrogens is 384 g/mol. The van der Waals surface area contributed by atoms with Gasteiger partial charge < -0.3 is 9.64 Å². The smallest absolute Gasteiger partial charge is 0.280 e. The van der Waals surface area contributed by atoms with Crippen LogP contribution >= 0.6 is 0 Å². The summed E-state index contributed by atoms with van der Waals surface area (Å²) in [6.45, 7) is 3.36. The largest absolute Gasteiger partial charge is 0.494 e. The summed E-state index contributed by atoms with van der Waals surface area (Å²) in [5.41, 5.74) is -0.247. The number of rotatable bonds is 13. The molecule has 30 heavy (non-hydrogen) atoms. The van der Waals surface area contributed by atoms with E-state index in [9.17, 15) is 19.7 Å². The highest BCUT2D eigenvalue weighted by atomic mass is 16.6. The van der Waals surface area contributed by atoms with Crippen LogP contribution in [0.3, 0.4) is 0 Å². The van der Waals surface area contributed by atoms with E-state index in [1.54, 1.807) is 0 Å². The zero-order chi connectivity index (χ0) is 21.8. The van der Waals surface area contributed by atoms with Gasteiger partial charge in [0, 0.05) is 25.1 Å². The molecule has 0 aromatic heterocycles. The molecule has 0 atom stereocenters. The maximum Gasteiger partial charge on any atom is 0.280 e. The maximum atomic E-state index is 12.9. The molecule has 0 saturated heterocycles. The lowest BCUT2D eigenvalue weighted by Gasteiger charge is -2.34. The van der Waals surface area contributed by atoms with Gasteiger partial charge in [-0.15, -0.1) is 0 Å². The lowest BCUT2D eigenvalue weighted by atomic mass is 9.93. The van der Waals surface area contributed by atoms with Crippen molar-refractivity contribution in [3.8, 4) is 5.75 Å². The van der Waals surface area contributed by atoms with Crippen LogP contribution in [0.4, 0.5) is 5.69 Å². The van der Waals surface area contributed by atoms with Gasteiger partial charge in [-0.05, 0) is 37.8 Å². The number of nitrogens with zero attached hydrogens (tertiary/aromatic N) is 2. The summed E-state index contributed by atoms with van der Waals surface area (Å²) < 4.78 is 5.62. The van der Waals surface area contributed by atoms with Crippen LogP contribution in [0.2, 0.25) is 0 Å². The van der Waals surface area contributed by atoms with Crippen LogP contribution in [-0.2, 0) is 4.79 Å². The number of amides is 1. The lowest BCUT2D eigenvalue weighted by molar-refractivity contribution is -0.385. The first-order valence-electron chi connectivity index (χ1n) is 11.2. The second kappa shape index (κ2) is 13.0. The fourth-order valence-corrected chi connectivity index (χ4v) is 4.05. The minimum absolute atomic E-state index is 0.0101. The zero-order valence-electron chi connectivity index (χ0n) is 18.0. The van der Waals surface area contributed by atoms with Crippen molar-refractivity contribution in [1.82, 2.24) is 4.90 Å². The molecule has 0 heterocycles. The van der Waals surface area contributed by atoms with Crippen molar-refractivity contribution < 1.29 is 19.2 Å². The Morgan fingerprint density at radius 2 is 1.97 bits per heavy atom. The Labute approximate surface area is 178 Å². The standard InChI is InChI=1S/C23H34N2O5/c1-2-3-4-8-15-24(20-10-6-5-7-11-20)23(27)12-9-16-30-21-13-14-22(25(28)29)19(17-21)18-26/h13-14,17-18,20H,2-12,15-16H2,1H3. The Balaban J connectivity index is 1.83. The normalized spacial score (nSPS) is 14.3. The van der Waals surface area contributed by atoms with Crippen LogP contribution in [0.25, 0.3) is 0 Å². The molecule has 1 aromatic rings. The molecule has 0 N–H and O–H groups in total. The van der Waals surface area contributed by atoms with E-state index in [2.05, 4.69) is 11.8 Å². The average molecular weight is 419 g/mol. The van der Waals surface area contributed by atoms with Gasteiger partial charge in [-0.2, -0.15) is 0 Å². The summed E-state index contributed by atoms with van der Waals surface area (Å²) in [5.74, 6) is 0.595. The molecule has 166 valence electrons. The predicted molar refractivity (Wildman–Crippen MR) is 116 cm³/mol. The molecule has 0 radical (unpaired) electrons. The molecular formula is C23H34N2O5. The van der Waals surface area contributed by atoms with Crippen molar-refractivity contribution in [1.29, 1.82) is 0 Å². The van der Waals surface area contributed by atoms with Gasteiger partial charge in [0.25, 0.3) is 5.69 Å². The van der Waals surface area contributed by atoms with Crippen LogP contribution in [0.5, 0.6) is 5.75 Å². The van der Waals surface area contributed by atoms with E-state index in [4.69, 9.17) is 4.74 Å². The third-order valence-corrected chi connectivity index (χ3v) is 5.71. The van der Waals surface area contributed by atoms with Gasteiger partial charge >= 0.3 is 0 Å². The van der Waals surface area contributed by atoms with E-state index < -0.39 is 4.92 Å². The van der Waals surface area contributed by atoms with E-state index in [0.717, 1.165) is 32.2 Å². The summed E-state index contributed by atoms with van der Waals surface area (Å²) >= 11 is 0. The second-order valence-electron chi connectivity index (χ2n) is 7.99. The number of hydrogen-bond acceptors (Lipinski definition) is 5. The molecule has 1 aliphatic carbocycles. The first-order chi connectivity index (χ1) is 14.6. The number of ether oxygens (including phenoxy) is 1. The van der Waals surface area contributed by atoms with Crippen molar-refractivity contribution in [3.05, 3.63) is 33.9 Å². The summed E-state index contributed by atoms with van der Waals surface area (Å²) in [4.78, 5) is 36.3. The SMILES string of the molecule is CCCCCCN(C(=O)CCCOc1ccc([N+](=O)[O-])c(C=O)c1)C1CCCCC1. The molecule has 1 amide bonds. The number of unbranched alkanes of at least 4 members (excludes halogenated alkanes) is 3. The fourth-order valence-electron chi connectivity index (χ4n) is 4.05. The van der Waals surface area contributed by atoms with Crippen molar-refractivity contribution in [3.63, 3.8) is 0 Å². The van der Waals surface area contributed by atoms with Crippen LogP contribution in [0.1, 0.15) is 87.9 Å². The Bertz CT molecular complexity index is 701. The first kappa shape index (κ1) is 23.8. The molecule has 0 aliphatic heterocycles. The van der Waals surface area contributed by atoms with Gasteiger partial charge in [0.05, 0.1) is 17.1 Å². The minimum atomic E-state index is -0.591. The number of benzene rings is 1. The summed E-state index contributed by atoms with van der Waals surface area (Å²) in [6, 6.07) is 4.49. The van der Waals surface area contributed by atoms with E-state index in [-0.39, 0.29) is 17.2 Å². The highest BCUT2D eigenvalue weighted by molar-refractivity contribution is 5.82. The van der Waals surface area contributed by atoms with Gasteiger partial charge in [-0.1, -0.05) is 45.4 Å². The number of aldehydes is 1. The Morgan fingerprint density at radius 3 is 2.63 bits per heavy atom. The van der Waals surface area contributed by atoms with E-state index in [1.165, 1.54) is 50.3 Å². The van der Waals surface area contributed by atoms with Crippen LogP contribution in [-0.4, -0.2) is 41.2 Å². The van der Waals surface area contributed by atoms with Crippen molar-refractivity contribution in [2.75, 3.05) is 13.2 Å². The molecule has 1 saturated carbocycles. The number of nitro groups is 1. The van der Waals surface area contributed by atoms with E-state index in [0.29, 0.717) is 37.5 Å². The molecule has 1 fully saturated rings. The predicted octanol–water partition coefficient (Wildman–Crippen LogP) is 5.31. The Kier molecular flexibility index (Phi) is 10.3. The third kappa shape index (κ3) is 7.43. The minimum Gasteiger partial charge on any atom is -0.494 e. The molecule has 1 aliphatic rings. The quantitative estimate of drug-likeness (QED) is 0.187. The Hall–Kier alpha value is -2.44. The third-order valence-electron chi connectivity index (χ3n) is 5.71. The zero-order valence-corrected chi connectivity index (χ0v) is 18.0. The highest BCUT2D eigenvalue weighted by Gasteiger charge is 2.24. The lowest BCUT2D eigenvalue weighted by Crippen LogP contribution is -2.42.